The lowest BCUT2D eigenvalue weighted by Crippen LogP contribution is -2.41. The zero-order valence-electron chi connectivity index (χ0n) is 11.6. The average Bonchev–Trinajstić information content (AvgIpc) is 2.25. The highest BCUT2D eigenvalue weighted by Crippen LogP contribution is 2.24. The van der Waals surface area contributed by atoms with Gasteiger partial charge < -0.3 is 15.7 Å². The lowest BCUT2D eigenvalue weighted by molar-refractivity contribution is -0.122. The van der Waals surface area contributed by atoms with Crippen LogP contribution in [0.3, 0.4) is 0 Å². The lowest BCUT2D eigenvalue weighted by Gasteiger charge is -2.20. The number of rotatable bonds is 5. The van der Waals surface area contributed by atoms with Crippen LogP contribution in [0.15, 0.2) is 18.2 Å². The van der Waals surface area contributed by atoms with Gasteiger partial charge in [-0.3, -0.25) is 4.79 Å². The summed E-state index contributed by atoms with van der Waals surface area (Å²) in [7, 11) is 0. The molecule has 19 heavy (non-hydrogen) atoms. The van der Waals surface area contributed by atoms with E-state index >= 15 is 0 Å². The van der Waals surface area contributed by atoms with Crippen molar-refractivity contribution in [1.29, 1.82) is 0 Å². The van der Waals surface area contributed by atoms with Gasteiger partial charge in [-0.05, 0) is 32.9 Å². The number of benzene rings is 1. The van der Waals surface area contributed by atoms with Crippen molar-refractivity contribution in [2.75, 3.05) is 6.54 Å². The van der Waals surface area contributed by atoms with Gasteiger partial charge in [0.15, 0.2) is 0 Å². The molecule has 0 saturated carbocycles. The van der Waals surface area contributed by atoms with Crippen LogP contribution in [-0.2, 0) is 11.3 Å². The van der Waals surface area contributed by atoms with Gasteiger partial charge in [-0.25, -0.2) is 0 Å². The van der Waals surface area contributed by atoms with Gasteiger partial charge in [-0.15, -0.1) is 0 Å². The zero-order chi connectivity index (χ0) is 14.5. The molecule has 0 saturated heterocycles. The van der Waals surface area contributed by atoms with Gasteiger partial charge in [0.05, 0.1) is 0 Å². The van der Waals surface area contributed by atoms with Gasteiger partial charge in [0.1, 0.15) is 5.75 Å². The summed E-state index contributed by atoms with van der Waals surface area (Å²) in [5.41, 5.74) is 0.443. The molecule has 1 rings (SSSR count). The minimum absolute atomic E-state index is 0.00313. The summed E-state index contributed by atoms with van der Waals surface area (Å²) >= 11 is 5.98. The highest BCUT2D eigenvalue weighted by atomic mass is 35.5. The molecule has 0 aromatic heterocycles. The van der Waals surface area contributed by atoms with Gasteiger partial charge in [0.2, 0.25) is 5.91 Å². The van der Waals surface area contributed by atoms with Crippen LogP contribution in [0.25, 0.3) is 0 Å². The molecule has 5 heteroatoms. The Balaban J connectivity index is 2.34. The minimum Gasteiger partial charge on any atom is -0.508 e. The zero-order valence-corrected chi connectivity index (χ0v) is 12.3. The normalized spacial score (nSPS) is 11.4. The molecule has 0 fully saturated rings. The van der Waals surface area contributed by atoms with Crippen molar-refractivity contribution in [3.63, 3.8) is 0 Å². The predicted molar refractivity (Wildman–Crippen MR) is 77.3 cm³/mol. The molecular formula is C14H21ClN2O2. The van der Waals surface area contributed by atoms with Gasteiger partial charge in [0, 0.05) is 35.6 Å². The van der Waals surface area contributed by atoms with Crippen LogP contribution in [-0.4, -0.2) is 23.1 Å². The molecule has 0 atom stereocenters. The Morgan fingerprint density at radius 2 is 2.05 bits per heavy atom. The first kappa shape index (κ1) is 15.8. The van der Waals surface area contributed by atoms with Crippen molar-refractivity contribution in [1.82, 2.24) is 10.6 Å². The highest BCUT2D eigenvalue weighted by molar-refractivity contribution is 6.31. The Morgan fingerprint density at radius 1 is 1.37 bits per heavy atom. The maximum atomic E-state index is 11.6. The Morgan fingerprint density at radius 3 is 2.63 bits per heavy atom. The third-order valence-electron chi connectivity index (χ3n) is 2.44. The molecule has 106 valence electrons. The van der Waals surface area contributed by atoms with E-state index in [2.05, 4.69) is 10.6 Å². The maximum Gasteiger partial charge on any atom is 0.221 e. The molecule has 0 unspecified atom stereocenters. The second kappa shape index (κ2) is 6.78. The van der Waals surface area contributed by atoms with Crippen LogP contribution in [0.1, 0.15) is 32.8 Å². The van der Waals surface area contributed by atoms with Crippen LogP contribution >= 0.6 is 11.6 Å². The molecule has 0 heterocycles. The number of aromatic hydroxyl groups is 1. The van der Waals surface area contributed by atoms with E-state index in [1.54, 1.807) is 18.2 Å². The third kappa shape index (κ3) is 5.94. The topological polar surface area (TPSA) is 61.4 Å². The van der Waals surface area contributed by atoms with Crippen LogP contribution in [0.2, 0.25) is 5.02 Å². The summed E-state index contributed by atoms with van der Waals surface area (Å²) in [5, 5.41) is 16.1. The maximum absolute atomic E-state index is 11.6. The first-order valence-electron chi connectivity index (χ1n) is 6.27. The van der Waals surface area contributed by atoms with E-state index in [-0.39, 0.29) is 17.2 Å². The van der Waals surface area contributed by atoms with E-state index in [0.29, 0.717) is 30.1 Å². The van der Waals surface area contributed by atoms with Crippen molar-refractivity contribution < 1.29 is 9.90 Å². The summed E-state index contributed by atoms with van der Waals surface area (Å²) < 4.78 is 0. The molecule has 1 aromatic rings. The van der Waals surface area contributed by atoms with E-state index in [9.17, 15) is 9.90 Å². The first-order valence-corrected chi connectivity index (χ1v) is 6.65. The Labute approximate surface area is 119 Å². The third-order valence-corrected chi connectivity index (χ3v) is 2.79. The largest absolute Gasteiger partial charge is 0.508 e. The van der Waals surface area contributed by atoms with Crippen molar-refractivity contribution in [3.8, 4) is 5.75 Å². The van der Waals surface area contributed by atoms with Crippen LogP contribution in [0.4, 0.5) is 0 Å². The summed E-state index contributed by atoms with van der Waals surface area (Å²) in [6.45, 7) is 6.81. The molecule has 0 aliphatic rings. The summed E-state index contributed by atoms with van der Waals surface area (Å²) in [5.74, 6) is 0.169. The first-order chi connectivity index (χ1) is 8.79. The number of nitrogens with one attached hydrogen (secondary N) is 2. The van der Waals surface area contributed by atoms with Gasteiger partial charge in [-0.1, -0.05) is 17.7 Å². The SMILES string of the molecule is CC(C)(C)NC(=O)CCNCc1c(O)cccc1Cl. The number of carbonyl (C=O) groups excluding carboxylic acids is 1. The molecule has 0 radical (unpaired) electrons. The number of amides is 1. The van der Waals surface area contributed by atoms with Crippen molar-refractivity contribution in [2.24, 2.45) is 0 Å². The molecule has 1 aromatic carbocycles. The quantitative estimate of drug-likeness (QED) is 0.728. The lowest BCUT2D eigenvalue weighted by atomic mass is 10.1. The fourth-order valence-electron chi connectivity index (χ4n) is 1.62. The van der Waals surface area contributed by atoms with E-state index in [1.165, 1.54) is 0 Å². The van der Waals surface area contributed by atoms with Gasteiger partial charge in [-0.2, -0.15) is 0 Å². The monoisotopic (exact) mass is 284 g/mol. The second-order valence-electron chi connectivity index (χ2n) is 5.46. The van der Waals surface area contributed by atoms with Crippen molar-refractivity contribution in [3.05, 3.63) is 28.8 Å². The van der Waals surface area contributed by atoms with E-state index in [4.69, 9.17) is 11.6 Å². The van der Waals surface area contributed by atoms with Crippen LogP contribution in [0.5, 0.6) is 5.75 Å². The van der Waals surface area contributed by atoms with E-state index in [0.717, 1.165) is 0 Å². The number of halogens is 1. The van der Waals surface area contributed by atoms with E-state index < -0.39 is 0 Å². The van der Waals surface area contributed by atoms with Crippen molar-refractivity contribution in [2.45, 2.75) is 39.3 Å². The molecule has 3 N–H and O–H groups in total. The van der Waals surface area contributed by atoms with Crippen LogP contribution in [0, 0.1) is 0 Å². The fraction of sp³-hybridized carbons (Fsp3) is 0.500. The number of hydrogen-bond acceptors (Lipinski definition) is 3. The minimum atomic E-state index is -0.210. The molecule has 1 amide bonds. The number of carbonyl (C=O) groups is 1. The number of hydrogen-bond donors (Lipinski definition) is 3. The summed E-state index contributed by atoms with van der Waals surface area (Å²) in [6, 6.07) is 5.01. The van der Waals surface area contributed by atoms with Crippen molar-refractivity contribution >= 4 is 17.5 Å². The number of phenols is 1. The Hall–Kier alpha value is -1.26. The summed E-state index contributed by atoms with van der Waals surface area (Å²) in [4.78, 5) is 11.6. The highest BCUT2D eigenvalue weighted by Gasteiger charge is 2.13. The second-order valence-corrected chi connectivity index (χ2v) is 5.87. The molecule has 0 aliphatic carbocycles. The molecule has 0 bridgehead atoms. The van der Waals surface area contributed by atoms with Gasteiger partial charge in [0.25, 0.3) is 0 Å². The van der Waals surface area contributed by atoms with Crippen LogP contribution < -0.4 is 10.6 Å². The smallest absolute Gasteiger partial charge is 0.221 e. The summed E-state index contributed by atoms with van der Waals surface area (Å²) in [6.07, 6.45) is 0.391. The molecule has 0 aliphatic heterocycles. The Bertz CT molecular complexity index is 421. The van der Waals surface area contributed by atoms with Gasteiger partial charge >= 0.3 is 0 Å². The average molecular weight is 285 g/mol. The molecular weight excluding hydrogens is 264 g/mol. The molecule has 0 spiro atoms. The van der Waals surface area contributed by atoms with E-state index in [1.807, 2.05) is 20.8 Å². The predicted octanol–water partition coefficient (Wildman–Crippen LogP) is 2.44. The number of phenolic OH excluding ortho intramolecular Hbond substituents is 1. The Kier molecular flexibility index (Phi) is 5.63. The standard InChI is InChI=1S/C14H21ClN2O2/c1-14(2,3)17-13(19)7-8-16-9-10-11(15)5-4-6-12(10)18/h4-6,16,18H,7-9H2,1-3H3,(H,17,19). The molecule has 4 nitrogen and oxygen atoms in total. The fourth-order valence-corrected chi connectivity index (χ4v) is 1.85.